The second-order valence-electron chi connectivity index (χ2n) is 6.24. The number of nitrogens with zero attached hydrogens (tertiary/aromatic N) is 1. The van der Waals surface area contributed by atoms with Crippen molar-refractivity contribution >= 4 is 22.4 Å². The Morgan fingerprint density at radius 2 is 1.86 bits per heavy atom. The van der Waals surface area contributed by atoms with E-state index in [1.165, 1.54) is 25.3 Å². The summed E-state index contributed by atoms with van der Waals surface area (Å²) in [4.78, 5) is 22.7. The van der Waals surface area contributed by atoms with Gasteiger partial charge in [0.05, 0.1) is 24.1 Å². The van der Waals surface area contributed by atoms with Crippen LogP contribution in [-0.4, -0.2) is 24.5 Å². The van der Waals surface area contributed by atoms with Crippen LogP contribution in [0.2, 0.25) is 0 Å². The fraction of sp³-hybridized carbons (Fsp3) is 0.190. The van der Waals surface area contributed by atoms with E-state index in [1.54, 1.807) is 0 Å². The Morgan fingerprint density at radius 3 is 2.61 bits per heavy atom. The zero-order chi connectivity index (χ0) is 20.1. The van der Waals surface area contributed by atoms with Crippen molar-refractivity contribution < 1.29 is 19.2 Å². The number of methoxy groups -OCH3 is 1. The predicted octanol–water partition coefficient (Wildman–Crippen LogP) is 4.01. The Labute approximate surface area is 162 Å². The van der Waals surface area contributed by atoms with Crippen LogP contribution in [0.25, 0.3) is 10.8 Å². The summed E-state index contributed by atoms with van der Waals surface area (Å²) in [6.45, 7) is 1.61. The molecule has 0 spiro atoms. The second-order valence-corrected chi connectivity index (χ2v) is 6.24. The van der Waals surface area contributed by atoms with E-state index in [0.29, 0.717) is 5.75 Å². The number of benzene rings is 3. The highest BCUT2D eigenvalue weighted by molar-refractivity contribution is 5.87. The van der Waals surface area contributed by atoms with E-state index < -0.39 is 4.92 Å². The Bertz CT molecular complexity index is 1010. The lowest BCUT2D eigenvalue weighted by molar-refractivity contribution is -0.385. The lowest BCUT2D eigenvalue weighted by Crippen LogP contribution is -2.31. The molecule has 7 heteroatoms. The summed E-state index contributed by atoms with van der Waals surface area (Å²) in [6.07, 6.45) is 0. The molecule has 0 aliphatic carbocycles. The first-order chi connectivity index (χ1) is 13.5. The molecule has 0 fully saturated rings. The maximum atomic E-state index is 12.3. The third kappa shape index (κ3) is 4.20. The Hall–Kier alpha value is -3.61. The topological polar surface area (TPSA) is 90.7 Å². The standard InChI is InChI=1S/C21H20N2O5/c1-14(17-9-5-7-15-6-3-4-8-18(15)17)22-21(24)13-28-20-12-16(23(25)26)10-11-19(20)27-2/h3-12,14H,13H2,1-2H3,(H,22,24). The van der Waals surface area contributed by atoms with Crippen LogP contribution in [0.15, 0.2) is 60.7 Å². The molecule has 1 atom stereocenters. The van der Waals surface area contributed by atoms with Gasteiger partial charge in [-0.15, -0.1) is 0 Å². The maximum Gasteiger partial charge on any atom is 0.273 e. The lowest BCUT2D eigenvalue weighted by Gasteiger charge is -2.17. The van der Waals surface area contributed by atoms with Crippen molar-refractivity contribution in [3.05, 3.63) is 76.3 Å². The van der Waals surface area contributed by atoms with Crippen LogP contribution in [-0.2, 0) is 4.79 Å². The number of amides is 1. The number of nitrogens with one attached hydrogen (secondary N) is 1. The molecule has 0 heterocycles. The molecule has 0 bridgehead atoms. The van der Waals surface area contributed by atoms with Crippen LogP contribution in [0, 0.1) is 10.1 Å². The smallest absolute Gasteiger partial charge is 0.273 e. The minimum Gasteiger partial charge on any atom is -0.493 e. The first-order valence-corrected chi connectivity index (χ1v) is 8.72. The highest BCUT2D eigenvalue weighted by atomic mass is 16.6. The zero-order valence-electron chi connectivity index (χ0n) is 15.5. The van der Waals surface area contributed by atoms with E-state index in [1.807, 2.05) is 49.4 Å². The SMILES string of the molecule is COc1ccc([N+](=O)[O-])cc1OCC(=O)NC(C)c1cccc2ccccc12. The number of non-ortho nitro benzene ring substituents is 1. The molecule has 0 radical (unpaired) electrons. The van der Waals surface area contributed by atoms with Crippen molar-refractivity contribution in [2.75, 3.05) is 13.7 Å². The number of ether oxygens (including phenoxy) is 2. The van der Waals surface area contributed by atoms with Gasteiger partial charge in [-0.2, -0.15) is 0 Å². The summed E-state index contributed by atoms with van der Waals surface area (Å²) in [7, 11) is 1.43. The number of hydrogen-bond acceptors (Lipinski definition) is 5. The summed E-state index contributed by atoms with van der Waals surface area (Å²) in [5.74, 6) is 0.124. The van der Waals surface area contributed by atoms with E-state index in [4.69, 9.17) is 9.47 Å². The monoisotopic (exact) mass is 380 g/mol. The minimum atomic E-state index is -0.533. The van der Waals surface area contributed by atoms with E-state index in [-0.39, 0.29) is 30.0 Å². The van der Waals surface area contributed by atoms with Gasteiger partial charge in [-0.05, 0) is 29.3 Å². The summed E-state index contributed by atoms with van der Waals surface area (Å²) in [5, 5.41) is 16.0. The molecule has 7 nitrogen and oxygen atoms in total. The molecule has 0 aliphatic heterocycles. The average Bonchev–Trinajstić information content (AvgIpc) is 2.71. The first kappa shape index (κ1) is 19.2. The predicted molar refractivity (Wildman–Crippen MR) is 106 cm³/mol. The van der Waals surface area contributed by atoms with Gasteiger partial charge >= 0.3 is 0 Å². The molecule has 144 valence electrons. The van der Waals surface area contributed by atoms with Crippen molar-refractivity contribution in [2.24, 2.45) is 0 Å². The maximum absolute atomic E-state index is 12.3. The number of hydrogen-bond donors (Lipinski definition) is 1. The first-order valence-electron chi connectivity index (χ1n) is 8.72. The van der Waals surface area contributed by atoms with Crippen LogP contribution in [0.4, 0.5) is 5.69 Å². The second kappa shape index (κ2) is 8.39. The van der Waals surface area contributed by atoms with Gasteiger partial charge < -0.3 is 14.8 Å². The van der Waals surface area contributed by atoms with Crippen LogP contribution in [0.1, 0.15) is 18.5 Å². The quantitative estimate of drug-likeness (QED) is 0.494. The molecular weight excluding hydrogens is 360 g/mol. The molecule has 3 aromatic rings. The third-order valence-electron chi connectivity index (χ3n) is 4.38. The van der Waals surface area contributed by atoms with Gasteiger partial charge in [0.15, 0.2) is 18.1 Å². The molecule has 0 aliphatic rings. The minimum absolute atomic E-state index is 0.139. The van der Waals surface area contributed by atoms with Crippen molar-refractivity contribution in [2.45, 2.75) is 13.0 Å². The van der Waals surface area contributed by atoms with E-state index in [0.717, 1.165) is 16.3 Å². The fourth-order valence-electron chi connectivity index (χ4n) is 3.02. The fourth-order valence-corrected chi connectivity index (χ4v) is 3.02. The van der Waals surface area contributed by atoms with Crippen LogP contribution in [0.3, 0.4) is 0 Å². The Balaban J connectivity index is 1.69. The van der Waals surface area contributed by atoms with Crippen molar-refractivity contribution in [3.63, 3.8) is 0 Å². The van der Waals surface area contributed by atoms with E-state index >= 15 is 0 Å². The largest absolute Gasteiger partial charge is 0.493 e. The molecular formula is C21H20N2O5. The van der Waals surface area contributed by atoms with Gasteiger partial charge in [0.1, 0.15) is 0 Å². The molecule has 1 N–H and O–H groups in total. The third-order valence-corrected chi connectivity index (χ3v) is 4.38. The molecule has 0 saturated carbocycles. The van der Waals surface area contributed by atoms with Crippen molar-refractivity contribution in [3.8, 4) is 11.5 Å². The number of carbonyl (C=O) groups excluding carboxylic acids is 1. The molecule has 3 rings (SSSR count). The summed E-state index contributed by atoms with van der Waals surface area (Å²) in [5.41, 5.74) is 0.861. The van der Waals surface area contributed by atoms with Crippen molar-refractivity contribution in [1.82, 2.24) is 5.32 Å². The Kier molecular flexibility index (Phi) is 5.74. The zero-order valence-corrected chi connectivity index (χ0v) is 15.5. The molecule has 0 saturated heterocycles. The van der Waals surface area contributed by atoms with Crippen LogP contribution in [0.5, 0.6) is 11.5 Å². The molecule has 28 heavy (non-hydrogen) atoms. The molecule has 1 amide bonds. The summed E-state index contributed by atoms with van der Waals surface area (Å²) in [6, 6.07) is 17.7. The van der Waals surface area contributed by atoms with Crippen molar-refractivity contribution in [1.29, 1.82) is 0 Å². The van der Waals surface area contributed by atoms with Gasteiger partial charge in [-0.3, -0.25) is 14.9 Å². The Morgan fingerprint density at radius 1 is 1.11 bits per heavy atom. The van der Waals surface area contributed by atoms with Crippen LogP contribution >= 0.6 is 0 Å². The normalized spacial score (nSPS) is 11.6. The lowest BCUT2D eigenvalue weighted by atomic mass is 10.00. The molecule has 0 aromatic heterocycles. The number of rotatable bonds is 7. The van der Waals surface area contributed by atoms with Gasteiger partial charge in [0.25, 0.3) is 11.6 Å². The molecule has 1 unspecified atom stereocenters. The van der Waals surface area contributed by atoms with Gasteiger partial charge in [0.2, 0.25) is 0 Å². The number of carbonyl (C=O) groups is 1. The molecule has 3 aromatic carbocycles. The van der Waals surface area contributed by atoms with Gasteiger partial charge in [-0.1, -0.05) is 42.5 Å². The highest BCUT2D eigenvalue weighted by Crippen LogP contribution is 2.31. The number of fused-ring (bicyclic) bond motifs is 1. The van der Waals surface area contributed by atoms with E-state index in [9.17, 15) is 14.9 Å². The summed E-state index contributed by atoms with van der Waals surface area (Å²) >= 11 is 0. The van der Waals surface area contributed by atoms with Gasteiger partial charge in [-0.25, -0.2) is 0 Å². The highest BCUT2D eigenvalue weighted by Gasteiger charge is 2.16. The number of nitro groups is 1. The average molecular weight is 380 g/mol. The van der Waals surface area contributed by atoms with Crippen LogP contribution < -0.4 is 14.8 Å². The van der Waals surface area contributed by atoms with Gasteiger partial charge in [0, 0.05) is 6.07 Å². The number of nitro benzene ring substituents is 1. The van der Waals surface area contributed by atoms with E-state index in [2.05, 4.69) is 5.32 Å². The summed E-state index contributed by atoms with van der Waals surface area (Å²) < 4.78 is 10.6.